The summed E-state index contributed by atoms with van der Waals surface area (Å²) >= 11 is 0. The molecular formula is C16H30IN3O2. The summed E-state index contributed by atoms with van der Waals surface area (Å²) in [5, 5.41) is 3.39. The normalized spacial score (nSPS) is 24.5. The number of carbonyl (C=O) groups is 1. The molecule has 0 radical (unpaired) electrons. The molecule has 2 unspecified atom stereocenters. The summed E-state index contributed by atoms with van der Waals surface area (Å²) in [5.74, 6) is 2.60. The van der Waals surface area contributed by atoms with E-state index in [9.17, 15) is 4.79 Å². The van der Waals surface area contributed by atoms with Crippen molar-refractivity contribution in [3.8, 4) is 0 Å². The van der Waals surface area contributed by atoms with E-state index in [1.807, 2.05) is 14.0 Å². The fraction of sp³-hybridized carbons (Fsp3) is 0.875. The molecule has 2 atom stereocenters. The van der Waals surface area contributed by atoms with Crippen molar-refractivity contribution >= 4 is 35.9 Å². The Balaban J connectivity index is 0.00000242. The summed E-state index contributed by atoms with van der Waals surface area (Å²) in [6, 6.07) is 0. The van der Waals surface area contributed by atoms with Gasteiger partial charge < -0.3 is 15.0 Å². The maximum atomic E-state index is 11.3. The maximum Gasteiger partial charge on any atom is 0.305 e. The van der Waals surface area contributed by atoms with Gasteiger partial charge in [-0.05, 0) is 38.0 Å². The smallest absolute Gasteiger partial charge is 0.305 e. The van der Waals surface area contributed by atoms with Gasteiger partial charge in [-0.15, -0.1) is 24.0 Å². The first-order chi connectivity index (χ1) is 10.2. The number of rotatable bonds is 5. The topological polar surface area (TPSA) is 53.9 Å². The monoisotopic (exact) mass is 423 g/mol. The summed E-state index contributed by atoms with van der Waals surface area (Å²) in [5.41, 5.74) is 0. The molecule has 0 aromatic rings. The number of nitrogens with one attached hydrogen (secondary N) is 1. The molecule has 0 aromatic carbocycles. The molecule has 0 amide bonds. The minimum Gasteiger partial charge on any atom is -0.466 e. The van der Waals surface area contributed by atoms with E-state index in [1.54, 1.807) is 0 Å². The van der Waals surface area contributed by atoms with Crippen molar-refractivity contribution in [3.63, 3.8) is 0 Å². The number of aliphatic imine (C=N–C) groups is 1. The fourth-order valence-electron chi connectivity index (χ4n) is 3.58. The molecule has 22 heavy (non-hydrogen) atoms. The summed E-state index contributed by atoms with van der Waals surface area (Å²) in [6.07, 6.45) is 6.80. The zero-order valence-corrected chi connectivity index (χ0v) is 16.2. The largest absolute Gasteiger partial charge is 0.466 e. The van der Waals surface area contributed by atoms with E-state index in [-0.39, 0.29) is 29.9 Å². The van der Waals surface area contributed by atoms with Crippen LogP contribution in [-0.4, -0.2) is 50.1 Å². The first-order valence-electron chi connectivity index (χ1n) is 8.35. The zero-order chi connectivity index (χ0) is 15.1. The molecule has 0 aromatic heterocycles. The van der Waals surface area contributed by atoms with Crippen LogP contribution in [0.3, 0.4) is 0 Å². The van der Waals surface area contributed by atoms with Gasteiger partial charge in [-0.3, -0.25) is 9.79 Å². The van der Waals surface area contributed by atoms with Crippen molar-refractivity contribution in [1.29, 1.82) is 0 Å². The zero-order valence-electron chi connectivity index (χ0n) is 13.8. The van der Waals surface area contributed by atoms with Crippen molar-refractivity contribution in [2.75, 3.05) is 33.3 Å². The predicted molar refractivity (Wildman–Crippen MR) is 99.7 cm³/mol. The Bertz CT molecular complexity index is 362. The summed E-state index contributed by atoms with van der Waals surface area (Å²) in [6.45, 7) is 5.36. The van der Waals surface area contributed by atoms with E-state index in [0.717, 1.165) is 43.9 Å². The molecule has 6 heteroatoms. The molecule has 2 fully saturated rings. The molecule has 5 nitrogen and oxygen atoms in total. The van der Waals surface area contributed by atoms with Gasteiger partial charge >= 0.3 is 5.97 Å². The first-order valence-corrected chi connectivity index (χ1v) is 8.35. The second-order valence-electron chi connectivity index (χ2n) is 6.09. The third kappa shape index (κ3) is 5.59. The van der Waals surface area contributed by atoms with Gasteiger partial charge in [0.05, 0.1) is 6.61 Å². The Labute approximate surface area is 151 Å². The van der Waals surface area contributed by atoms with Crippen LogP contribution in [0, 0.1) is 11.8 Å². The molecule has 2 rings (SSSR count). The Kier molecular flexibility index (Phi) is 9.12. The van der Waals surface area contributed by atoms with Crippen LogP contribution in [0.2, 0.25) is 0 Å². The number of guanidine groups is 1. The van der Waals surface area contributed by atoms with Crippen molar-refractivity contribution in [1.82, 2.24) is 10.2 Å². The fourth-order valence-corrected chi connectivity index (χ4v) is 3.58. The van der Waals surface area contributed by atoms with Crippen LogP contribution in [0.5, 0.6) is 0 Å². The second-order valence-corrected chi connectivity index (χ2v) is 6.09. The number of likely N-dealkylation sites (tertiary alicyclic amines) is 1. The van der Waals surface area contributed by atoms with Gasteiger partial charge in [0, 0.05) is 33.1 Å². The highest BCUT2D eigenvalue weighted by atomic mass is 127. The van der Waals surface area contributed by atoms with Crippen molar-refractivity contribution < 1.29 is 9.53 Å². The van der Waals surface area contributed by atoms with E-state index in [1.165, 1.54) is 25.7 Å². The van der Waals surface area contributed by atoms with Gasteiger partial charge in [-0.2, -0.15) is 0 Å². The van der Waals surface area contributed by atoms with Crippen LogP contribution in [0.25, 0.3) is 0 Å². The summed E-state index contributed by atoms with van der Waals surface area (Å²) < 4.78 is 4.93. The van der Waals surface area contributed by atoms with Crippen LogP contribution in [0.1, 0.15) is 45.4 Å². The highest BCUT2D eigenvalue weighted by Crippen LogP contribution is 2.35. The van der Waals surface area contributed by atoms with E-state index in [2.05, 4.69) is 15.2 Å². The minimum atomic E-state index is -0.110. The highest BCUT2D eigenvalue weighted by Gasteiger charge is 2.35. The van der Waals surface area contributed by atoms with E-state index < -0.39 is 0 Å². The van der Waals surface area contributed by atoms with Crippen LogP contribution >= 0.6 is 24.0 Å². The maximum absolute atomic E-state index is 11.3. The average Bonchev–Trinajstić information content (AvgIpc) is 2.91. The quantitative estimate of drug-likeness (QED) is 0.243. The average molecular weight is 423 g/mol. The summed E-state index contributed by atoms with van der Waals surface area (Å²) in [7, 11) is 1.84. The number of halogens is 1. The molecular weight excluding hydrogens is 393 g/mol. The van der Waals surface area contributed by atoms with Crippen molar-refractivity contribution in [3.05, 3.63) is 0 Å². The predicted octanol–water partition coefficient (Wildman–Crippen LogP) is 2.65. The number of carbonyl (C=O) groups excluding carboxylic acids is 1. The van der Waals surface area contributed by atoms with Gasteiger partial charge in [0.1, 0.15) is 0 Å². The number of hydrogen-bond donors (Lipinski definition) is 1. The highest BCUT2D eigenvalue weighted by molar-refractivity contribution is 14.0. The van der Waals surface area contributed by atoms with E-state index >= 15 is 0 Å². The van der Waals surface area contributed by atoms with Crippen LogP contribution < -0.4 is 5.32 Å². The lowest BCUT2D eigenvalue weighted by Crippen LogP contribution is -2.40. The van der Waals surface area contributed by atoms with Gasteiger partial charge in [0.15, 0.2) is 5.96 Å². The lowest BCUT2D eigenvalue weighted by atomic mass is 9.82. The third-order valence-electron chi connectivity index (χ3n) is 4.63. The Morgan fingerprint density at radius 1 is 1.27 bits per heavy atom. The molecule has 1 saturated heterocycles. The number of esters is 1. The summed E-state index contributed by atoms with van der Waals surface area (Å²) in [4.78, 5) is 18.1. The van der Waals surface area contributed by atoms with Crippen molar-refractivity contribution in [2.45, 2.75) is 45.4 Å². The molecule has 128 valence electrons. The lowest BCUT2D eigenvalue weighted by Gasteiger charge is -2.22. The van der Waals surface area contributed by atoms with Crippen LogP contribution in [-0.2, 0) is 9.53 Å². The minimum absolute atomic E-state index is 0. The Morgan fingerprint density at radius 3 is 2.45 bits per heavy atom. The van der Waals surface area contributed by atoms with Gasteiger partial charge in [-0.1, -0.05) is 12.8 Å². The molecule has 2 aliphatic rings. The van der Waals surface area contributed by atoms with Crippen LogP contribution in [0.15, 0.2) is 4.99 Å². The number of nitrogens with zero attached hydrogens (tertiary/aromatic N) is 2. The van der Waals surface area contributed by atoms with Gasteiger partial charge in [-0.25, -0.2) is 0 Å². The number of fused-ring (bicyclic) bond motifs is 1. The molecule has 1 heterocycles. The van der Waals surface area contributed by atoms with Crippen molar-refractivity contribution in [2.24, 2.45) is 16.8 Å². The first kappa shape index (κ1) is 19.5. The molecule has 0 spiro atoms. The van der Waals surface area contributed by atoms with E-state index in [0.29, 0.717) is 13.0 Å². The molecule has 0 bridgehead atoms. The lowest BCUT2D eigenvalue weighted by molar-refractivity contribution is -0.143. The van der Waals surface area contributed by atoms with Crippen LogP contribution in [0.4, 0.5) is 0 Å². The standard InChI is InChI=1S/C16H29N3O2.HI/c1-3-21-15(20)9-6-10-18-16(17-2)19-11-13-7-4-5-8-14(13)12-19;/h13-14H,3-12H2,1-2H3,(H,17,18);1H. The number of hydrogen-bond acceptors (Lipinski definition) is 3. The third-order valence-corrected chi connectivity index (χ3v) is 4.63. The molecule has 1 aliphatic heterocycles. The number of ether oxygens (including phenoxy) is 1. The SMILES string of the molecule is CCOC(=O)CCCNC(=NC)N1CC2CCCCC2C1.I. The Hall–Kier alpha value is -0.530. The van der Waals surface area contributed by atoms with Gasteiger partial charge in [0.25, 0.3) is 0 Å². The second kappa shape index (κ2) is 10.3. The molecule has 1 saturated carbocycles. The molecule has 1 N–H and O–H groups in total. The van der Waals surface area contributed by atoms with Gasteiger partial charge in [0.2, 0.25) is 0 Å². The van der Waals surface area contributed by atoms with E-state index in [4.69, 9.17) is 4.74 Å². The molecule has 1 aliphatic carbocycles. The Morgan fingerprint density at radius 2 is 1.91 bits per heavy atom.